The number of imide groups is 1. The van der Waals surface area contributed by atoms with Crippen molar-refractivity contribution in [3.8, 4) is 5.75 Å². The average molecular weight is 646 g/mol. The second kappa shape index (κ2) is 10.9. The number of nitrogens with zero attached hydrogens (tertiary/aromatic N) is 2. The van der Waals surface area contributed by atoms with E-state index in [2.05, 4.69) is 5.32 Å². The molecule has 0 bridgehead atoms. The Morgan fingerprint density at radius 1 is 0.977 bits per heavy atom. The number of aromatic hydroxyl groups is 1. The highest BCUT2D eigenvalue weighted by molar-refractivity contribution is 8.00. The summed E-state index contributed by atoms with van der Waals surface area (Å²) in [7, 11) is 0. The molecule has 3 aromatic carbocycles. The maximum atomic E-state index is 13.9. The standard InChI is InChI=1S/C29H19ClF3N3O5S2/c30-16-6-8-17(9-7-16)34-20(38)13-35-27-24(43-28(35)41)21(14-4-10-19(37)11-5-14)22-23(42-27)26(40)36(25(22)39)18-3-1-2-15(12-18)29(31,32)33/h1-12,21-23,37H,13H2,(H,34,38). The molecule has 0 saturated carbocycles. The molecular formula is C29H19ClF3N3O5S2. The molecule has 6 rings (SSSR count). The summed E-state index contributed by atoms with van der Waals surface area (Å²) in [6, 6.07) is 16.3. The Labute approximate surface area is 254 Å². The number of carbonyl (C=O) groups is 3. The number of aromatic nitrogens is 1. The molecule has 3 unspecified atom stereocenters. The highest BCUT2D eigenvalue weighted by Gasteiger charge is 2.57. The zero-order chi connectivity index (χ0) is 30.6. The molecule has 1 fully saturated rings. The fraction of sp³-hybridized carbons (Fsp3) is 0.172. The predicted molar refractivity (Wildman–Crippen MR) is 156 cm³/mol. The Morgan fingerprint density at radius 2 is 1.67 bits per heavy atom. The van der Waals surface area contributed by atoms with Gasteiger partial charge in [0, 0.05) is 21.5 Å². The number of anilines is 2. The van der Waals surface area contributed by atoms with Crippen molar-refractivity contribution in [2.45, 2.75) is 28.9 Å². The zero-order valence-electron chi connectivity index (χ0n) is 21.7. The molecular weight excluding hydrogens is 627 g/mol. The minimum absolute atomic E-state index is 0.0465. The third kappa shape index (κ3) is 5.32. The topological polar surface area (TPSA) is 109 Å². The number of alkyl halides is 3. The van der Waals surface area contributed by atoms with Crippen LogP contribution in [0.2, 0.25) is 5.02 Å². The summed E-state index contributed by atoms with van der Waals surface area (Å²) in [5.41, 5.74) is -0.259. The van der Waals surface area contributed by atoms with Crippen molar-refractivity contribution in [2.75, 3.05) is 10.2 Å². The number of hydrogen-bond acceptors (Lipinski definition) is 7. The number of rotatable bonds is 5. The van der Waals surface area contributed by atoms with E-state index in [0.717, 1.165) is 46.2 Å². The van der Waals surface area contributed by atoms with Crippen LogP contribution in [-0.2, 0) is 27.1 Å². The van der Waals surface area contributed by atoms with Crippen molar-refractivity contribution >= 4 is 63.8 Å². The van der Waals surface area contributed by atoms with Gasteiger partial charge in [0.25, 0.3) is 0 Å². The first-order chi connectivity index (χ1) is 20.4. The monoisotopic (exact) mass is 645 g/mol. The number of thiazole rings is 1. The third-order valence-corrected chi connectivity index (χ3v) is 10.0. The Morgan fingerprint density at radius 3 is 2.35 bits per heavy atom. The number of nitrogens with one attached hydrogen (secondary N) is 1. The van der Waals surface area contributed by atoms with Crippen molar-refractivity contribution in [1.29, 1.82) is 0 Å². The fourth-order valence-corrected chi connectivity index (χ4v) is 8.15. The van der Waals surface area contributed by atoms with E-state index < -0.39 is 51.4 Å². The molecule has 2 N–H and O–H groups in total. The van der Waals surface area contributed by atoms with Gasteiger partial charge in [-0.05, 0) is 60.2 Å². The van der Waals surface area contributed by atoms with Crippen LogP contribution < -0.4 is 15.1 Å². The predicted octanol–water partition coefficient (Wildman–Crippen LogP) is 5.72. The second-order valence-electron chi connectivity index (χ2n) is 9.87. The van der Waals surface area contributed by atoms with Crippen molar-refractivity contribution in [3.05, 3.63) is 103 Å². The number of halogens is 4. The van der Waals surface area contributed by atoms with Gasteiger partial charge in [-0.3, -0.25) is 23.7 Å². The molecule has 2 aliphatic heterocycles. The first-order valence-corrected chi connectivity index (χ1v) is 14.8. The summed E-state index contributed by atoms with van der Waals surface area (Å²) in [6.45, 7) is -0.389. The van der Waals surface area contributed by atoms with E-state index in [9.17, 15) is 37.5 Å². The lowest BCUT2D eigenvalue weighted by atomic mass is 9.83. The van der Waals surface area contributed by atoms with Crippen LogP contribution >= 0.6 is 34.7 Å². The van der Waals surface area contributed by atoms with Gasteiger partial charge in [-0.15, -0.1) is 0 Å². The summed E-state index contributed by atoms with van der Waals surface area (Å²) in [5, 5.41) is 12.3. The molecule has 2 aliphatic rings. The summed E-state index contributed by atoms with van der Waals surface area (Å²) in [6.07, 6.45) is -4.69. The summed E-state index contributed by atoms with van der Waals surface area (Å²) in [4.78, 5) is 54.5. The molecule has 1 saturated heterocycles. The van der Waals surface area contributed by atoms with Gasteiger partial charge >= 0.3 is 11.0 Å². The molecule has 3 heterocycles. The molecule has 4 aromatic rings. The Hall–Kier alpha value is -4.07. The molecule has 3 atom stereocenters. The highest BCUT2D eigenvalue weighted by Crippen LogP contribution is 2.54. The van der Waals surface area contributed by atoms with Crippen LogP contribution in [0.5, 0.6) is 5.75 Å². The van der Waals surface area contributed by atoms with Gasteiger partial charge < -0.3 is 10.4 Å². The number of fused-ring (bicyclic) bond motifs is 2. The SMILES string of the molecule is O=C(Cn1c2c(sc1=O)C(c1ccc(O)cc1)C1C(=O)N(c3cccc(C(F)(F)F)c3)C(=O)C1S2)Nc1ccc(Cl)cc1. The van der Waals surface area contributed by atoms with Crippen LogP contribution in [0, 0.1) is 5.92 Å². The van der Waals surface area contributed by atoms with Gasteiger partial charge in [0.15, 0.2) is 0 Å². The molecule has 8 nitrogen and oxygen atoms in total. The lowest BCUT2D eigenvalue weighted by molar-refractivity contribution is -0.137. The largest absolute Gasteiger partial charge is 0.508 e. The van der Waals surface area contributed by atoms with Crippen molar-refractivity contribution in [1.82, 2.24) is 4.57 Å². The molecule has 3 amide bonds. The van der Waals surface area contributed by atoms with Crippen molar-refractivity contribution in [3.63, 3.8) is 0 Å². The summed E-state index contributed by atoms with van der Waals surface area (Å²) in [5.74, 6) is -3.91. The number of hydrogen-bond donors (Lipinski definition) is 2. The smallest absolute Gasteiger partial charge is 0.416 e. The summed E-state index contributed by atoms with van der Waals surface area (Å²) < 4.78 is 41.6. The first-order valence-electron chi connectivity index (χ1n) is 12.7. The van der Waals surface area contributed by atoms with E-state index in [-0.39, 0.29) is 18.0 Å². The fourth-order valence-electron chi connectivity index (χ4n) is 5.25. The minimum Gasteiger partial charge on any atom is -0.508 e. The maximum Gasteiger partial charge on any atom is 0.416 e. The normalized spacial score (nSPS) is 19.7. The third-order valence-electron chi connectivity index (χ3n) is 7.16. The van der Waals surface area contributed by atoms with Crippen LogP contribution in [-0.4, -0.2) is 32.6 Å². The lowest BCUT2D eigenvalue weighted by Crippen LogP contribution is -2.33. The number of benzene rings is 3. The van der Waals surface area contributed by atoms with E-state index in [1.807, 2.05) is 0 Å². The molecule has 0 spiro atoms. The minimum atomic E-state index is -4.69. The van der Waals surface area contributed by atoms with E-state index in [0.29, 0.717) is 26.2 Å². The lowest BCUT2D eigenvalue weighted by Gasteiger charge is -2.30. The molecule has 0 radical (unpaired) electrons. The van der Waals surface area contributed by atoms with Gasteiger partial charge in [-0.25, -0.2) is 4.90 Å². The van der Waals surface area contributed by atoms with Gasteiger partial charge in [-0.1, -0.05) is 52.9 Å². The van der Waals surface area contributed by atoms with E-state index >= 15 is 0 Å². The van der Waals surface area contributed by atoms with Crippen LogP contribution in [0.15, 0.2) is 82.6 Å². The quantitative estimate of drug-likeness (QED) is 0.269. The first kappa shape index (κ1) is 29.0. The van der Waals surface area contributed by atoms with E-state index in [1.165, 1.54) is 22.8 Å². The van der Waals surface area contributed by atoms with Gasteiger partial charge in [0.1, 0.15) is 17.5 Å². The number of carbonyl (C=O) groups excluding carboxylic acids is 3. The average Bonchev–Trinajstić information content (AvgIpc) is 3.40. The summed E-state index contributed by atoms with van der Waals surface area (Å²) >= 11 is 7.67. The van der Waals surface area contributed by atoms with Gasteiger partial charge in [0.2, 0.25) is 17.7 Å². The number of thioether (sulfide) groups is 1. The molecule has 43 heavy (non-hydrogen) atoms. The maximum absolute atomic E-state index is 13.9. The second-order valence-corrected chi connectivity index (χ2v) is 12.4. The number of phenolic OH excluding ortho intramolecular Hbond substituents is 1. The van der Waals surface area contributed by atoms with Crippen molar-refractivity contribution in [2.24, 2.45) is 5.92 Å². The molecule has 1 aromatic heterocycles. The Balaban J connectivity index is 1.40. The van der Waals surface area contributed by atoms with Crippen LogP contribution in [0.1, 0.15) is 21.9 Å². The number of phenols is 1. The Kier molecular flexibility index (Phi) is 7.35. The zero-order valence-corrected chi connectivity index (χ0v) is 24.1. The molecule has 0 aliphatic carbocycles. The van der Waals surface area contributed by atoms with Crippen molar-refractivity contribution < 1.29 is 32.7 Å². The van der Waals surface area contributed by atoms with Gasteiger partial charge in [-0.2, -0.15) is 13.2 Å². The van der Waals surface area contributed by atoms with Crippen LogP contribution in [0.4, 0.5) is 24.5 Å². The van der Waals surface area contributed by atoms with Crippen LogP contribution in [0.25, 0.3) is 0 Å². The van der Waals surface area contributed by atoms with E-state index in [1.54, 1.807) is 36.4 Å². The Bertz CT molecular complexity index is 1820. The molecule has 14 heteroatoms. The van der Waals surface area contributed by atoms with Gasteiger partial charge in [0.05, 0.1) is 22.2 Å². The molecule has 220 valence electrons. The van der Waals surface area contributed by atoms with E-state index in [4.69, 9.17) is 11.6 Å². The highest BCUT2D eigenvalue weighted by atomic mass is 35.5. The number of amides is 3. The van der Waals surface area contributed by atoms with Crippen LogP contribution in [0.3, 0.4) is 0 Å².